The van der Waals surface area contributed by atoms with Crippen molar-refractivity contribution in [2.45, 2.75) is 92.6 Å². The van der Waals surface area contributed by atoms with Crippen molar-refractivity contribution < 1.29 is 4.74 Å². The van der Waals surface area contributed by atoms with Gasteiger partial charge in [0.15, 0.2) is 0 Å². The molecule has 21 heavy (non-hydrogen) atoms. The summed E-state index contributed by atoms with van der Waals surface area (Å²) in [7, 11) is 0. The van der Waals surface area contributed by atoms with Crippen molar-refractivity contribution in [1.29, 1.82) is 0 Å². The Morgan fingerprint density at radius 3 is 1.90 bits per heavy atom. The number of rotatable bonds is 5. The first kappa shape index (κ1) is 18.1. The van der Waals surface area contributed by atoms with E-state index in [0.29, 0.717) is 5.92 Å². The molecule has 0 amide bonds. The molecule has 0 N–H and O–H groups in total. The zero-order valence-corrected chi connectivity index (χ0v) is 15.6. The molecule has 1 aromatic carbocycles. The third-order valence-corrected chi connectivity index (χ3v) is 3.99. The van der Waals surface area contributed by atoms with Gasteiger partial charge in [-0.2, -0.15) is 0 Å². The maximum Gasteiger partial charge on any atom is 0.127 e. The Kier molecular flexibility index (Phi) is 5.90. The first-order valence-corrected chi connectivity index (χ1v) is 8.49. The molecule has 0 aliphatic carbocycles. The van der Waals surface area contributed by atoms with Crippen LogP contribution in [-0.4, -0.2) is 6.10 Å². The molecule has 0 aliphatic heterocycles. The SMILES string of the molecule is CCc1cc(C(C)(C)C)c(OC(C)C)c(C(C)C)c1CC. The molecular weight excluding hydrogens is 256 g/mol. The lowest BCUT2D eigenvalue weighted by molar-refractivity contribution is 0.233. The average Bonchev–Trinajstić information content (AvgIpc) is 2.35. The van der Waals surface area contributed by atoms with Crippen LogP contribution in [0.15, 0.2) is 6.07 Å². The first-order chi connectivity index (χ1) is 9.63. The molecule has 0 unspecified atom stereocenters. The number of hydrogen-bond acceptors (Lipinski definition) is 1. The standard InChI is InChI=1S/C20H34O/c1-10-15-12-17(20(7,8)9)19(21-14(5)6)18(13(3)4)16(15)11-2/h12-14H,10-11H2,1-9H3. The van der Waals surface area contributed by atoms with E-state index in [0.717, 1.165) is 18.6 Å². The van der Waals surface area contributed by atoms with Gasteiger partial charge in [0.1, 0.15) is 5.75 Å². The third kappa shape index (κ3) is 4.02. The molecule has 0 atom stereocenters. The van der Waals surface area contributed by atoms with Crippen molar-refractivity contribution in [3.05, 3.63) is 28.3 Å². The molecule has 0 radical (unpaired) electrons. The highest BCUT2D eigenvalue weighted by atomic mass is 16.5. The molecule has 0 spiro atoms. The van der Waals surface area contributed by atoms with Crippen LogP contribution >= 0.6 is 0 Å². The summed E-state index contributed by atoms with van der Waals surface area (Å²) in [6, 6.07) is 2.39. The quantitative estimate of drug-likeness (QED) is 0.644. The van der Waals surface area contributed by atoms with Crippen molar-refractivity contribution in [1.82, 2.24) is 0 Å². The zero-order valence-electron chi connectivity index (χ0n) is 15.6. The van der Waals surface area contributed by atoms with E-state index in [4.69, 9.17) is 4.74 Å². The molecule has 0 saturated carbocycles. The van der Waals surface area contributed by atoms with Gasteiger partial charge in [-0.3, -0.25) is 0 Å². The second-order valence-electron chi connectivity index (χ2n) is 7.58. The molecule has 1 nitrogen and oxygen atoms in total. The van der Waals surface area contributed by atoms with Gasteiger partial charge in [-0.25, -0.2) is 0 Å². The van der Waals surface area contributed by atoms with Crippen LogP contribution in [0.3, 0.4) is 0 Å². The number of ether oxygens (including phenoxy) is 1. The molecule has 1 heteroatoms. The Bertz CT molecular complexity index is 476. The molecular formula is C20H34O. The summed E-state index contributed by atoms with van der Waals surface area (Å²) in [6.07, 6.45) is 2.38. The smallest absolute Gasteiger partial charge is 0.127 e. The zero-order chi connectivity index (χ0) is 16.4. The lowest BCUT2D eigenvalue weighted by atomic mass is 9.79. The highest BCUT2D eigenvalue weighted by Crippen LogP contribution is 2.42. The topological polar surface area (TPSA) is 9.23 Å². The fraction of sp³-hybridized carbons (Fsp3) is 0.700. The summed E-state index contributed by atoms with van der Waals surface area (Å²) in [5, 5.41) is 0. The minimum absolute atomic E-state index is 0.101. The molecule has 0 heterocycles. The second kappa shape index (κ2) is 6.85. The molecule has 1 rings (SSSR count). The number of hydrogen-bond donors (Lipinski definition) is 0. The Labute approximate surface area is 132 Å². The van der Waals surface area contributed by atoms with Crippen LogP contribution in [0, 0.1) is 0 Å². The van der Waals surface area contributed by atoms with Gasteiger partial charge in [-0.05, 0) is 49.1 Å². The summed E-state index contributed by atoms with van der Waals surface area (Å²) >= 11 is 0. The van der Waals surface area contributed by atoms with Crippen molar-refractivity contribution in [2.24, 2.45) is 0 Å². The molecule has 0 saturated heterocycles. The van der Waals surface area contributed by atoms with Crippen molar-refractivity contribution >= 4 is 0 Å². The summed E-state index contributed by atoms with van der Waals surface area (Å²) in [6.45, 7) is 20.2. The van der Waals surface area contributed by atoms with Gasteiger partial charge in [-0.1, -0.05) is 54.5 Å². The van der Waals surface area contributed by atoms with E-state index in [1.54, 1.807) is 0 Å². The highest BCUT2D eigenvalue weighted by molar-refractivity contribution is 5.54. The average molecular weight is 290 g/mol. The van der Waals surface area contributed by atoms with E-state index in [1.807, 2.05) is 0 Å². The van der Waals surface area contributed by atoms with Crippen LogP contribution in [0.2, 0.25) is 0 Å². The monoisotopic (exact) mass is 290 g/mol. The summed E-state index contributed by atoms with van der Waals surface area (Å²) in [5.74, 6) is 1.63. The van der Waals surface area contributed by atoms with E-state index in [2.05, 4.69) is 68.4 Å². The third-order valence-electron chi connectivity index (χ3n) is 3.99. The van der Waals surface area contributed by atoms with Crippen molar-refractivity contribution in [3.63, 3.8) is 0 Å². The molecule has 0 fully saturated rings. The maximum atomic E-state index is 6.31. The minimum Gasteiger partial charge on any atom is -0.490 e. The highest BCUT2D eigenvalue weighted by Gasteiger charge is 2.26. The largest absolute Gasteiger partial charge is 0.490 e. The van der Waals surface area contributed by atoms with Gasteiger partial charge in [0.2, 0.25) is 0 Å². The fourth-order valence-electron chi connectivity index (χ4n) is 3.05. The molecule has 0 aromatic heterocycles. The van der Waals surface area contributed by atoms with Gasteiger partial charge in [0, 0.05) is 11.1 Å². The lowest BCUT2D eigenvalue weighted by Crippen LogP contribution is -2.20. The Balaban J connectivity index is 3.75. The normalized spacial score (nSPS) is 12.3. The molecule has 1 aromatic rings. The molecule has 0 aliphatic rings. The minimum atomic E-state index is 0.101. The Morgan fingerprint density at radius 1 is 1.00 bits per heavy atom. The number of benzene rings is 1. The summed E-state index contributed by atoms with van der Waals surface area (Å²) in [4.78, 5) is 0. The van der Waals surface area contributed by atoms with Gasteiger partial charge < -0.3 is 4.74 Å². The van der Waals surface area contributed by atoms with Crippen LogP contribution < -0.4 is 4.74 Å². The second-order valence-corrected chi connectivity index (χ2v) is 7.58. The van der Waals surface area contributed by atoms with E-state index >= 15 is 0 Å². The Hall–Kier alpha value is -0.980. The van der Waals surface area contributed by atoms with E-state index in [1.165, 1.54) is 22.3 Å². The van der Waals surface area contributed by atoms with Crippen LogP contribution in [-0.2, 0) is 18.3 Å². The maximum absolute atomic E-state index is 6.31. The van der Waals surface area contributed by atoms with Gasteiger partial charge >= 0.3 is 0 Å². The van der Waals surface area contributed by atoms with E-state index in [9.17, 15) is 0 Å². The lowest BCUT2D eigenvalue weighted by Gasteiger charge is -2.30. The van der Waals surface area contributed by atoms with Crippen LogP contribution in [0.4, 0.5) is 0 Å². The first-order valence-electron chi connectivity index (χ1n) is 8.49. The number of aryl methyl sites for hydroxylation is 1. The molecule has 0 bridgehead atoms. The Morgan fingerprint density at radius 2 is 1.57 bits per heavy atom. The van der Waals surface area contributed by atoms with Crippen molar-refractivity contribution in [3.8, 4) is 5.75 Å². The van der Waals surface area contributed by atoms with E-state index in [-0.39, 0.29) is 11.5 Å². The van der Waals surface area contributed by atoms with Crippen LogP contribution in [0.25, 0.3) is 0 Å². The predicted molar refractivity (Wildman–Crippen MR) is 93.8 cm³/mol. The molecule has 120 valence electrons. The predicted octanol–water partition coefficient (Wildman–Crippen LogP) is 6.02. The summed E-state index contributed by atoms with van der Waals surface area (Å²) < 4.78 is 6.31. The fourth-order valence-corrected chi connectivity index (χ4v) is 3.05. The van der Waals surface area contributed by atoms with Crippen molar-refractivity contribution in [2.75, 3.05) is 0 Å². The van der Waals surface area contributed by atoms with Gasteiger partial charge in [0.25, 0.3) is 0 Å². The van der Waals surface area contributed by atoms with Gasteiger partial charge in [0.05, 0.1) is 6.10 Å². The van der Waals surface area contributed by atoms with Crippen LogP contribution in [0.5, 0.6) is 5.75 Å². The van der Waals surface area contributed by atoms with E-state index < -0.39 is 0 Å². The van der Waals surface area contributed by atoms with Gasteiger partial charge in [-0.15, -0.1) is 0 Å². The summed E-state index contributed by atoms with van der Waals surface area (Å²) in [5.41, 5.74) is 5.87. The van der Waals surface area contributed by atoms with Crippen LogP contribution in [0.1, 0.15) is 90.5 Å².